The van der Waals surface area contributed by atoms with Gasteiger partial charge in [-0.1, -0.05) is 32.9 Å². The highest BCUT2D eigenvalue weighted by atomic mass is 15.0. The zero-order valence-electron chi connectivity index (χ0n) is 7.59. The van der Waals surface area contributed by atoms with Crippen LogP contribution in [0.3, 0.4) is 0 Å². The Morgan fingerprint density at radius 2 is 1.70 bits per heavy atom. The van der Waals surface area contributed by atoms with Crippen molar-refractivity contribution < 1.29 is 0 Å². The first-order chi connectivity index (χ1) is 4.68. The number of hydrogen-bond acceptors (Lipinski definition) is 1. The number of rotatable bonds is 2. The molecule has 0 heterocycles. The predicted octanol–water partition coefficient (Wildman–Crippen LogP) is 2.66. The summed E-state index contributed by atoms with van der Waals surface area (Å²) in [5, 5.41) is 0. The lowest BCUT2D eigenvalue weighted by Gasteiger charge is -2.00. The van der Waals surface area contributed by atoms with Gasteiger partial charge in [0, 0.05) is 14.1 Å². The molecule has 1 heteroatoms. The molecule has 0 spiro atoms. The van der Waals surface area contributed by atoms with E-state index >= 15 is 0 Å². The van der Waals surface area contributed by atoms with Crippen LogP contribution in [0.5, 0.6) is 0 Å². The van der Waals surface area contributed by atoms with Gasteiger partial charge < -0.3 is 4.90 Å². The average Bonchev–Trinajstić information content (AvgIpc) is 1.85. The Labute approximate surface area is 65.0 Å². The minimum absolute atomic E-state index is 1.25. The van der Waals surface area contributed by atoms with Crippen molar-refractivity contribution >= 4 is 0 Å². The first kappa shape index (κ1) is 12.0. The molecule has 0 radical (unpaired) electrons. The highest BCUT2D eigenvalue weighted by Gasteiger charge is 1.67. The van der Waals surface area contributed by atoms with Crippen molar-refractivity contribution in [1.29, 1.82) is 0 Å². The van der Waals surface area contributed by atoms with Crippen LogP contribution >= 0.6 is 0 Å². The molecule has 0 fully saturated rings. The Morgan fingerprint density at radius 3 is 1.80 bits per heavy atom. The maximum atomic E-state index is 3.52. The van der Waals surface area contributed by atoms with Crippen LogP contribution in [0.1, 0.15) is 20.3 Å². The van der Waals surface area contributed by atoms with E-state index in [1.807, 2.05) is 31.3 Å². The van der Waals surface area contributed by atoms with Crippen LogP contribution in [-0.2, 0) is 0 Å². The van der Waals surface area contributed by atoms with E-state index in [1.54, 1.807) is 6.08 Å². The molecule has 0 rings (SSSR count). The monoisotopic (exact) mass is 141 g/mol. The van der Waals surface area contributed by atoms with Gasteiger partial charge in [-0.3, -0.25) is 0 Å². The molecule has 0 amide bonds. The second-order valence-corrected chi connectivity index (χ2v) is 2.25. The van der Waals surface area contributed by atoms with Gasteiger partial charge in [-0.05, 0) is 12.3 Å². The van der Waals surface area contributed by atoms with Gasteiger partial charge in [0.05, 0.1) is 0 Å². The zero-order chi connectivity index (χ0) is 8.41. The first-order valence-electron chi connectivity index (χ1n) is 3.64. The topological polar surface area (TPSA) is 3.24 Å². The molecule has 0 saturated carbocycles. The van der Waals surface area contributed by atoms with E-state index in [2.05, 4.69) is 20.4 Å². The summed E-state index contributed by atoms with van der Waals surface area (Å²) in [6, 6.07) is 0. The lowest BCUT2D eigenvalue weighted by molar-refractivity contribution is 0.564. The van der Waals surface area contributed by atoms with E-state index in [-0.39, 0.29) is 0 Å². The van der Waals surface area contributed by atoms with Crippen LogP contribution in [0, 0.1) is 0 Å². The third-order valence-electron chi connectivity index (χ3n) is 0.520. The van der Waals surface area contributed by atoms with Crippen LogP contribution in [0.25, 0.3) is 0 Å². The van der Waals surface area contributed by atoms with Crippen molar-refractivity contribution in [1.82, 2.24) is 4.90 Å². The molecular formula is C9H19N. The molecule has 0 aromatic heterocycles. The third kappa shape index (κ3) is 26.7. The summed E-state index contributed by atoms with van der Waals surface area (Å²) >= 11 is 0. The molecule has 10 heavy (non-hydrogen) atoms. The van der Waals surface area contributed by atoms with Crippen molar-refractivity contribution in [3.8, 4) is 0 Å². The van der Waals surface area contributed by atoms with Crippen LogP contribution in [0.2, 0.25) is 0 Å². The van der Waals surface area contributed by atoms with Crippen molar-refractivity contribution in [3.63, 3.8) is 0 Å². The normalized spacial score (nSPS) is 8.40. The fourth-order valence-electron chi connectivity index (χ4n) is 0.233. The number of allylic oxidation sites excluding steroid dienone is 2. The number of nitrogens with zero attached hydrogens (tertiary/aromatic N) is 1. The molecule has 0 aliphatic rings. The van der Waals surface area contributed by atoms with Gasteiger partial charge in [-0.2, -0.15) is 0 Å². The average molecular weight is 141 g/mol. The fraction of sp³-hybridized carbons (Fsp3) is 0.556. The van der Waals surface area contributed by atoms with E-state index in [0.29, 0.717) is 0 Å². The van der Waals surface area contributed by atoms with Gasteiger partial charge >= 0.3 is 0 Å². The molecule has 1 nitrogen and oxygen atoms in total. The van der Waals surface area contributed by atoms with Crippen LogP contribution in [0.15, 0.2) is 24.9 Å². The van der Waals surface area contributed by atoms with Gasteiger partial charge in [-0.25, -0.2) is 0 Å². The maximum absolute atomic E-state index is 3.52. The first-order valence-corrected chi connectivity index (χ1v) is 3.64. The molecule has 0 bridgehead atoms. The summed E-state index contributed by atoms with van der Waals surface area (Å²) < 4.78 is 0. The van der Waals surface area contributed by atoms with Gasteiger partial charge in [0.25, 0.3) is 0 Å². The molecule has 0 aliphatic carbocycles. The molecule has 0 aliphatic heterocycles. The molecule has 0 atom stereocenters. The van der Waals surface area contributed by atoms with Crippen molar-refractivity contribution in [2.24, 2.45) is 0 Å². The highest BCUT2D eigenvalue weighted by molar-refractivity contribution is 4.95. The molecule has 0 N–H and O–H groups in total. The Kier molecular flexibility index (Phi) is 13.4. The minimum Gasteiger partial charge on any atom is -0.383 e. The lowest BCUT2D eigenvalue weighted by Crippen LogP contribution is -1.99. The quantitative estimate of drug-likeness (QED) is 0.534. The van der Waals surface area contributed by atoms with Gasteiger partial charge in [0.1, 0.15) is 0 Å². The summed E-state index contributed by atoms with van der Waals surface area (Å²) in [5.74, 6) is 0. The standard InChI is InChI=1S/C6H11N.C3H8/c1-4-5-6-7(2)3;1-3-2/h4-6H,1H2,2-3H3;3H2,1-2H3/b6-5-;. The SMILES string of the molecule is C=C/C=C\N(C)C.CCC. The molecule has 0 aromatic rings. The molecule has 0 saturated heterocycles. The molecule has 0 unspecified atom stereocenters. The van der Waals surface area contributed by atoms with Gasteiger partial charge in [-0.15, -0.1) is 0 Å². The Balaban J connectivity index is 0. The van der Waals surface area contributed by atoms with E-state index in [9.17, 15) is 0 Å². The highest BCUT2D eigenvalue weighted by Crippen LogP contribution is 1.75. The molecule has 60 valence electrons. The van der Waals surface area contributed by atoms with E-state index < -0.39 is 0 Å². The van der Waals surface area contributed by atoms with E-state index in [4.69, 9.17) is 0 Å². The Bertz CT molecular complexity index is 82.7. The largest absolute Gasteiger partial charge is 0.383 e. The second-order valence-electron chi connectivity index (χ2n) is 2.25. The maximum Gasteiger partial charge on any atom is 0.00556 e. The van der Waals surface area contributed by atoms with Crippen LogP contribution < -0.4 is 0 Å². The van der Waals surface area contributed by atoms with Crippen LogP contribution in [-0.4, -0.2) is 19.0 Å². The second kappa shape index (κ2) is 11.1. The summed E-state index contributed by atoms with van der Waals surface area (Å²) in [5.41, 5.74) is 0. The fourth-order valence-corrected chi connectivity index (χ4v) is 0.233. The molecule has 0 aromatic carbocycles. The third-order valence-corrected chi connectivity index (χ3v) is 0.520. The van der Waals surface area contributed by atoms with E-state index in [1.165, 1.54) is 6.42 Å². The summed E-state index contributed by atoms with van der Waals surface area (Å²) in [6.07, 6.45) is 6.83. The Morgan fingerprint density at radius 1 is 1.30 bits per heavy atom. The minimum atomic E-state index is 1.25. The lowest BCUT2D eigenvalue weighted by atomic mass is 10.6. The summed E-state index contributed by atoms with van der Waals surface area (Å²) in [7, 11) is 3.94. The van der Waals surface area contributed by atoms with Crippen LogP contribution in [0.4, 0.5) is 0 Å². The Hall–Kier alpha value is -0.720. The summed E-state index contributed by atoms with van der Waals surface area (Å²) in [6.45, 7) is 7.77. The van der Waals surface area contributed by atoms with Crippen molar-refractivity contribution in [2.45, 2.75) is 20.3 Å². The van der Waals surface area contributed by atoms with Gasteiger partial charge in [0.2, 0.25) is 0 Å². The molecular weight excluding hydrogens is 122 g/mol. The zero-order valence-corrected chi connectivity index (χ0v) is 7.59. The van der Waals surface area contributed by atoms with Crippen molar-refractivity contribution in [2.75, 3.05) is 14.1 Å². The predicted molar refractivity (Wildman–Crippen MR) is 49.0 cm³/mol. The summed E-state index contributed by atoms with van der Waals surface area (Å²) in [4.78, 5) is 1.96. The van der Waals surface area contributed by atoms with Gasteiger partial charge in [0.15, 0.2) is 0 Å². The number of hydrogen-bond donors (Lipinski definition) is 0. The van der Waals surface area contributed by atoms with E-state index in [0.717, 1.165) is 0 Å². The smallest absolute Gasteiger partial charge is 0.00556 e. The van der Waals surface area contributed by atoms with Crippen molar-refractivity contribution in [3.05, 3.63) is 24.9 Å².